The lowest BCUT2D eigenvalue weighted by Gasteiger charge is -2.38. The van der Waals surface area contributed by atoms with Crippen LogP contribution in [-0.4, -0.2) is 37.0 Å². The molecule has 0 aliphatic carbocycles. The Morgan fingerprint density at radius 3 is 2.71 bits per heavy atom. The molecule has 0 unspecified atom stereocenters. The number of hydrogen-bond acceptors (Lipinski definition) is 4. The highest BCUT2D eigenvalue weighted by molar-refractivity contribution is 7.09. The number of benzene rings is 1. The van der Waals surface area contributed by atoms with Crippen molar-refractivity contribution < 1.29 is 9.53 Å². The zero-order valence-electron chi connectivity index (χ0n) is 14.3. The number of piperidine rings is 1. The smallest absolute Gasteiger partial charge is 0.224 e. The minimum Gasteiger partial charge on any atom is -0.497 e. The molecule has 4 nitrogen and oxygen atoms in total. The van der Waals surface area contributed by atoms with Crippen molar-refractivity contribution in [2.75, 3.05) is 25.1 Å². The van der Waals surface area contributed by atoms with Crippen molar-refractivity contribution in [1.29, 1.82) is 0 Å². The minimum atomic E-state index is 0.0972. The third-order valence-electron chi connectivity index (χ3n) is 4.55. The molecule has 1 aliphatic rings. The van der Waals surface area contributed by atoms with E-state index in [2.05, 4.69) is 22.4 Å². The molecule has 128 valence electrons. The fourth-order valence-electron chi connectivity index (χ4n) is 3.37. The highest BCUT2D eigenvalue weighted by atomic mass is 32.1. The number of anilines is 1. The van der Waals surface area contributed by atoms with E-state index in [0.717, 1.165) is 43.9 Å². The van der Waals surface area contributed by atoms with Gasteiger partial charge in [0.2, 0.25) is 5.91 Å². The van der Waals surface area contributed by atoms with Crippen LogP contribution in [0.5, 0.6) is 5.75 Å². The Hall–Kier alpha value is -1.85. The molecule has 3 rings (SSSR count). The largest absolute Gasteiger partial charge is 0.497 e. The molecule has 5 heteroatoms. The summed E-state index contributed by atoms with van der Waals surface area (Å²) in [7, 11) is 1.65. The van der Waals surface area contributed by atoms with Gasteiger partial charge in [-0.05, 0) is 36.4 Å². The Morgan fingerprint density at radius 1 is 1.29 bits per heavy atom. The average Bonchev–Trinajstić information content (AvgIpc) is 3.09. The highest BCUT2D eigenvalue weighted by Gasteiger charge is 2.27. The zero-order valence-corrected chi connectivity index (χ0v) is 15.1. The molecule has 24 heavy (non-hydrogen) atoms. The van der Waals surface area contributed by atoms with Gasteiger partial charge in [-0.3, -0.25) is 9.69 Å². The molecule has 1 saturated heterocycles. The van der Waals surface area contributed by atoms with Crippen molar-refractivity contribution in [3.63, 3.8) is 0 Å². The Balaban J connectivity index is 1.66. The van der Waals surface area contributed by atoms with Crippen LogP contribution in [0, 0.1) is 0 Å². The van der Waals surface area contributed by atoms with Gasteiger partial charge < -0.3 is 9.64 Å². The van der Waals surface area contributed by atoms with E-state index in [0.29, 0.717) is 0 Å². The number of ether oxygens (including phenoxy) is 1. The van der Waals surface area contributed by atoms with Crippen LogP contribution < -0.4 is 9.64 Å². The molecule has 0 saturated carbocycles. The first-order valence-electron chi connectivity index (χ1n) is 8.36. The molecule has 2 aromatic rings. The van der Waals surface area contributed by atoms with Crippen LogP contribution in [0.1, 0.15) is 24.6 Å². The molecule has 0 atom stereocenters. The first kappa shape index (κ1) is 17.0. The molecular weight excluding hydrogens is 320 g/mol. The van der Waals surface area contributed by atoms with Crippen LogP contribution in [0.25, 0.3) is 0 Å². The number of nitrogens with zero attached hydrogens (tertiary/aromatic N) is 2. The molecule has 2 heterocycles. The Labute approximate surface area is 147 Å². The monoisotopic (exact) mass is 344 g/mol. The maximum absolute atomic E-state index is 12.3. The maximum atomic E-state index is 12.3. The van der Waals surface area contributed by atoms with Gasteiger partial charge in [0, 0.05) is 49.2 Å². The number of carbonyl (C=O) groups excluding carboxylic acids is 1. The van der Waals surface area contributed by atoms with Gasteiger partial charge in [0.25, 0.3) is 0 Å². The Bertz CT molecular complexity index is 664. The van der Waals surface area contributed by atoms with Gasteiger partial charge in [0.15, 0.2) is 0 Å². The second kappa shape index (κ2) is 7.81. The number of carbonyl (C=O) groups is 1. The quantitative estimate of drug-likeness (QED) is 0.828. The van der Waals surface area contributed by atoms with E-state index in [-0.39, 0.29) is 11.9 Å². The molecule has 0 N–H and O–H groups in total. The summed E-state index contributed by atoms with van der Waals surface area (Å²) in [5.41, 5.74) is 0.929. The number of hydrogen-bond donors (Lipinski definition) is 0. The van der Waals surface area contributed by atoms with Gasteiger partial charge in [-0.2, -0.15) is 0 Å². The molecule has 1 aromatic carbocycles. The summed E-state index contributed by atoms with van der Waals surface area (Å²) in [4.78, 5) is 18.1. The summed E-state index contributed by atoms with van der Waals surface area (Å²) >= 11 is 1.81. The van der Waals surface area contributed by atoms with Gasteiger partial charge in [0.05, 0.1) is 7.11 Å². The average molecular weight is 344 g/mol. The summed E-state index contributed by atoms with van der Waals surface area (Å²) in [6.07, 6.45) is 2.00. The predicted octanol–water partition coefficient (Wildman–Crippen LogP) is 3.77. The fraction of sp³-hybridized carbons (Fsp3) is 0.421. The molecule has 1 amide bonds. The van der Waals surface area contributed by atoms with Gasteiger partial charge in [-0.25, -0.2) is 0 Å². The van der Waals surface area contributed by atoms with Gasteiger partial charge in [-0.1, -0.05) is 12.1 Å². The number of likely N-dealkylation sites (tertiary alicyclic amines) is 1. The molecule has 0 radical (unpaired) electrons. The number of methoxy groups -OCH3 is 1. The van der Waals surface area contributed by atoms with E-state index < -0.39 is 0 Å². The third kappa shape index (κ3) is 3.97. The summed E-state index contributed by atoms with van der Waals surface area (Å²) in [5, 5.41) is 2.13. The van der Waals surface area contributed by atoms with Gasteiger partial charge >= 0.3 is 0 Å². The highest BCUT2D eigenvalue weighted by Crippen LogP contribution is 2.27. The lowest BCUT2D eigenvalue weighted by Crippen LogP contribution is -2.46. The normalized spacial score (nSPS) is 16.1. The van der Waals surface area contributed by atoms with Crippen molar-refractivity contribution in [2.24, 2.45) is 0 Å². The van der Waals surface area contributed by atoms with Crippen molar-refractivity contribution in [1.82, 2.24) is 4.90 Å². The van der Waals surface area contributed by atoms with Gasteiger partial charge in [0.1, 0.15) is 5.75 Å². The maximum Gasteiger partial charge on any atom is 0.224 e. The van der Waals surface area contributed by atoms with Crippen molar-refractivity contribution >= 4 is 22.9 Å². The van der Waals surface area contributed by atoms with Gasteiger partial charge in [-0.15, -0.1) is 11.3 Å². The second-order valence-corrected chi connectivity index (χ2v) is 7.21. The summed E-state index contributed by atoms with van der Waals surface area (Å²) in [6, 6.07) is 12.3. The van der Waals surface area contributed by atoms with E-state index in [1.54, 1.807) is 14.0 Å². The lowest BCUT2D eigenvalue weighted by molar-refractivity contribution is -0.117. The van der Waals surface area contributed by atoms with Crippen LogP contribution in [-0.2, 0) is 11.3 Å². The zero-order chi connectivity index (χ0) is 16.9. The molecule has 1 fully saturated rings. The first-order chi connectivity index (χ1) is 11.7. The van der Waals surface area contributed by atoms with Crippen LogP contribution >= 0.6 is 11.3 Å². The fourth-order valence-corrected chi connectivity index (χ4v) is 4.11. The van der Waals surface area contributed by atoms with Crippen molar-refractivity contribution in [3.05, 3.63) is 46.7 Å². The lowest BCUT2D eigenvalue weighted by atomic mass is 10.0. The number of amides is 1. The number of thiophene rings is 1. The summed E-state index contributed by atoms with van der Waals surface area (Å²) in [6.45, 7) is 4.72. The molecule has 1 aliphatic heterocycles. The molecule has 0 bridgehead atoms. The van der Waals surface area contributed by atoms with Crippen molar-refractivity contribution in [2.45, 2.75) is 32.4 Å². The predicted molar refractivity (Wildman–Crippen MR) is 98.8 cm³/mol. The Morgan fingerprint density at radius 2 is 2.08 bits per heavy atom. The second-order valence-electron chi connectivity index (χ2n) is 6.18. The van der Waals surface area contributed by atoms with E-state index in [4.69, 9.17) is 4.74 Å². The minimum absolute atomic E-state index is 0.0972. The van der Waals surface area contributed by atoms with Crippen LogP contribution in [0.3, 0.4) is 0 Å². The third-order valence-corrected chi connectivity index (χ3v) is 5.41. The molecule has 1 aromatic heterocycles. The molecular formula is C19H24N2O2S. The van der Waals surface area contributed by atoms with E-state index in [1.165, 1.54) is 4.88 Å². The summed E-state index contributed by atoms with van der Waals surface area (Å²) in [5.74, 6) is 0.883. The van der Waals surface area contributed by atoms with E-state index in [9.17, 15) is 4.79 Å². The van der Waals surface area contributed by atoms with Crippen molar-refractivity contribution in [3.8, 4) is 5.75 Å². The first-order valence-corrected chi connectivity index (χ1v) is 9.24. The summed E-state index contributed by atoms with van der Waals surface area (Å²) < 4.78 is 5.30. The standard InChI is InChI=1S/C19H24N2O2S/c1-15(22)21(17-5-3-6-18(13-17)23-2)16-8-10-20(11-9-16)14-19-7-4-12-24-19/h3-7,12-13,16H,8-11,14H2,1-2H3. The topological polar surface area (TPSA) is 32.8 Å². The van der Waals surface area contributed by atoms with Crippen LogP contribution in [0.2, 0.25) is 0 Å². The molecule has 0 spiro atoms. The van der Waals surface area contributed by atoms with Crippen LogP contribution in [0.15, 0.2) is 41.8 Å². The Kier molecular flexibility index (Phi) is 5.53. The van der Waals surface area contributed by atoms with Crippen LogP contribution in [0.4, 0.5) is 5.69 Å². The van der Waals surface area contributed by atoms with E-state index >= 15 is 0 Å². The van der Waals surface area contributed by atoms with E-state index in [1.807, 2.05) is 40.5 Å². The number of rotatable bonds is 5. The SMILES string of the molecule is COc1cccc(N(C(C)=O)C2CCN(Cc3cccs3)CC2)c1.